The molecule has 2 rings (SSSR count). The zero-order valence-corrected chi connectivity index (χ0v) is 12.5. The van der Waals surface area contributed by atoms with E-state index in [1.807, 2.05) is 25.1 Å². The van der Waals surface area contributed by atoms with E-state index in [1.165, 1.54) is 12.1 Å². The number of nitrogens with one attached hydrogen (secondary N) is 1. The van der Waals surface area contributed by atoms with E-state index in [1.54, 1.807) is 0 Å². The van der Waals surface area contributed by atoms with E-state index in [9.17, 15) is 9.18 Å². The highest BCUT2D eigenvalue weighted by Gasteiger charge is 2.10. The van der Waals surface area contributed by atoms with Crippen LogP contribution in [0.1, 0.15) is 22.8 Å². The second-order valence-electron chi connectivity index (χ2n) is 4.38. The van der Waals surface area contributed by atoms with Crippen molar-refractivity contribution in [3.8, 4) is 0 Å². The average molecular weight is 337 g/mol. The van der Waals surface area contributed by atoms with Gasteiger partial charge in [-0.3, -0.25) is 4.79 Å². The van der Waals surface area contributed by atoms with Crippen molar-refractivity contribution in [2.75, 3.05) is 11.1 Å². The largest absolute Gasteiger partial charge is 0.399 e. The number of nitrogens with two attached hydrogens (primary N) is 1. The number of hydrogen-bond donors (Lipinski definition) is 2. The fourth-order valence-corrected chi connectivity index (χ4v) is 2.32. The van der Waals surface area contributed by atoms with Crippen molar-refractivity contribution in [3.63, 3.8) is 0 Å². The summed E-state index contributed by atoms with van der Waals surface area (Å²) in [6.45, 7) is 2.00. The maximum absolute atomic E-state index is 13.3. The zero-order valence-electron chi connectivity index (χ0n) is 10.9. The van der Waals surface area contributed by atoms with Crippen molar-refractivity contribution in [3.05, 3.63) is 57.8 Å². The molecule has 3 nitrogen and oxygen atoms in total. The normalized spacial score (nSPS) is 10.3. The fourth-order valence-electron chi connectivity index (χ4n) is 1.91. The van der Waals surface area contributed by atoms with Crippen molar-refractivity contribution in [2.24, 2.45) is 0 Å². The Balaban J connectivity index is 2.27. The number of benzene rings is 2. The summed E-state index contributed by atoms with van der Waals surface area (Å²) < 4.78 is 14.2. The monoisotopic (exact) mass is 336 g/mol. The Labute approximate surface area is 125 Å². The van der Waals surface area contributed by atoms with Crippen molar-refractivity contribution < 1.29 is 9.18 Å². The number of anilines is 2. The van der Waals surface area contributed by atoms with Crippen LogP contribution in [-0.4, -0.2) is 5.91 Å². The van der Waals surface area contributed by atoms with Gasteiger partial charge < -0.3 is 11.1 Å². The lowest BCUT2D eigenvalue weighted by molar-refractivity contribution is 0.102. The van der Waals surface area contributed by atoms with Gasteiger partial charge in [-0.25, -0.2) is 4.39 Å². The first-order valence-electron chi connectivity index (χ1n) is 6.15. The summed E-state index contributed by atoms with van der Waals surface area (Å²) in [5.41, 5.74) is 7.67. The number of aryl methyl sites for hydroxylation is 1. The summed E-state index contributed by atoms with van der Waals surface area (Å²) in [5.74, 6) is -0.908. The second kappa shape index (κ2) is 6.05. The van der Waals surface area contributed by atoms with E-state index in [-0.39, 0.29) is 17.2 Å². The first-order chi connectivity index (χ1) is 9.49. The molecular weight excluding hydrogens is 323 g/mol. The third-order valence-corrected chi connectivity index (χ3v) is 3.37. The Bertz CT molecular complexity index is 638. The number of carbonyl (C=O) groups is 1. The lowest BCUT2D eigenvalue weighted by atomic mass is 10.1. The second-order valence-corrected chi connectivity index (χ2v) is 5.30. The van der Waals surface area contributed by atoms with Crippen molar-refractivity contribution in [1.82, 2.24) is 0 Å². The SMILES string of the molecule is CCc1cc(Br)ccc1NC(=O)c1cc(N)cc(F)c1. The number of hydrogen-bond acceptors (Lipinski definition) is 2. The van der Waals surface area contributed by atoms with Gasteiger partial charge >= 0.3 is 0 Å². The molecular formula is C15H14BrFN2O. The van der Waals surface area contributed by atoms with Crippen molar-refractivity contribution >= 4 is 33.2 Å². The van der Waals surface area contributed by atoms with Crippen molar-refractivity contribution in [1.29, 1.82) is 0 Å². The molecule has 20 heavy (non-hydrogen) atoms. The number of halogens is 2. The molecule has 0 fully saturated rings. The summed E-state index contributed by atoms with van der Waals surface area (Å²) in [4.78, 5) is 12.1. The van der Waals surface area contributed by atoms with Crippen LogP contribution < -0.4 is 11.1 Å². The van der Waals surface area contributed by atoms with Gasteiger partial charge in [0.1, 0.15) is 5.82 Å². The highest BCUT2D eigenvalue weighted by Crippen LogP contribution is 2.22. The smallest absolute Gasteiger partial charge is 0.255 e. The molecule has 1 amide bonds. The molecule has 2 aromatic rings. The molecule has 104 valence electrons. The van der Waals surface area contributed by atoms with Crippen LogP contribution in [-0.2, 0) is 6.42 Å². The van der Waals surface area contributed by atoms with E-state index in [0.29, 0.717) is 5.69 Å². The predicted octanol–water partition coefficient (Wildman–Crippen LogP) is 3.99. The third kappa shape index (κ3) is 3.36. The molecule has 0 radical (unpaired) electrons. The Hall–Kier alpha value is -1.88. The molecule has 0 spiro atoms. The van der Waals surface area contributed by atoms with Crippen LogP contribution in [0.25, 0.3) is 0 Å². The van der Waals surface area contributed by atoms with Crippen LogP contribution in [0.4, 0.5) is 15.8 Å². The maximum atomic E-state index is 13.3. The molecule has 0 saturated heterocycles. The van der Waals surface area contributed by atoms with Gasteiger partial charge in [-0.05, 0) is 48.4 Å². The summed E-state index contributed by atoms with van der Waals surface area (Å²) in [7, 11) is 0. The van der Waals surface area contributed by atoms with E-state index in [2.05, 4.69) is 21.2 Å². The zero-order chi connectivity index (χ0) is 14.7. The molecule has 0 bridgehead atoms. The predicted molar refractivity (Wildman–Crippen MR) is 82.3 cm³/mol. The molecule has 3 N–H and O–H groups in total. The van der Waals surface area contributed by atoms with Crippen LogP contribution in [0.3, 0.4) is 0 Å². The Morgan fingerprint density at radius 1 is 1.30 bits per heavy atom. The van der Waals surface area contributed by atoms with Gasteiger partial charge in [-0.15, -0.1) is 0 Å². The maximum Gasteiger partial charge on any atom is 0.255 e. The molecule has 0 saturated carbocycles. The van der Waals surface area contributed by atoms with Crippen LogP contribution in [0.2, 0.25) is 0 Å². The lowest BCUT2D eigenvalue weighted by Gasteiger charge is -2.11. The number of rotatable bonds is 3. The minimum Gasteiger partial charge on any atom is -0.399 e. The van der Waals surface area contributed by atoms with Gasteiger partial charge in [0.15, 0.2) is 0 Å². The molecule has 0 aliphatic rings. The van der Waals surface area contributed by atoms with Crippen LogP contribution in [0, 0.1) is 5.82 Å². The molecule has 0 aliphatic carbocycles. The van der Waals surface area contributed by atoms with Gasteiger partial charge in [0.05, 0.1) is 0 Å². The molecule has 0 aromatic heterocycles. The van der Waals surface area contributed by atoms with E-state index < -0.39 is 5.82 Å². The Morgan fingerprint density at radius 3 is 2.70 bits per heavy atom. The first kappa shape index (κ1) is 14.5. The average Bonchev–Trinajstić information content (AvgIpc) is 2.39. The summed E-state index contributed by atoms with van der Waals surface area (Å²) >= 11 is 3.39. The summed E-state index contributed by atoms with van der Waals surface area (Å²) in [6, 6.07) is 9.38. The highest BCUT2D eigenvalue weighted by atomic mass is 79.9. The minimum absolute atomic E-state index is 0.201. The molecule has 0 atom stereocenters. The highest BCUT2D eigenvalue weighted by molar-refractivity contribution is 9.10. The third-order valence-electron chi connectivity index (χ3n) is 2.88. The van der Waals surface area contributed by atoms with Crippen LogP contribution >= 0.6 is 15.9 Å². The Kier molecular flexibility index (Phi) is 4.39. The van der Waals surface area contributed by atoms with Gasteiger partial charge in [0.2, 0.25) is 0 Å². The standard InChI is InChI=1S/C15H14BrFN2O/c1-2-9-5-11(16)3-4-14(9)19-15(20)10-6-12(17)8-13(18)7-10/h3-8H,2,18H2,1H3,(H,19,20). The quantitative estimate of drug-likeness (QED) is 0.832. The molecule has 0 heterocycles. The molecule has 5 heteroatoms. The Morgan fingerprint density at radius 2 is 2.05 bits per heavy atom. The van der Waals surface area contributed by atoms with E-state index in [0.717, 1.165) is 22.5 Å². The first-order valence-corrected chi connectivity index (χ1v) is 6.94. The summed E-state index contributed by atoms with van der Waals surface area (Å²) in [6.07, 6.45) is 0.778. The van der Waals surface area contributed by atoms with Crippen LogP contribution in [0.5, 0.6) is 0 Å². The number of amides is 1. The van der Waals surface area contributed by atoms with E-state index >= 15 is 0 Å². The fraction of sp³-hybridized carbons (Fsp3) is 0.133. The van der Waals surface area contributed by atoms with E-state index in [4.69, 9.17) is 5.73 Å². The molecule has 0 unspecified atom stereocenters. The van der Waals surface area contributed by atoms with Crippen molar-refractivity contribution in [2.45, 2.75) is 13.3 Å². The number of nitrogen functional groups attached to an aromatic ring is 1. The van der Waals surface area contributed by atoms with Gasteiger partial charge in [-0.2, -0.15) is 0 Å². The van der Waals surface area contributed by atoms with Gasteiger partial charge in [-0.1, -0.05) is 22.9 Å². The minimum atomic E-state index is -0.526. The topological polar surface area (TPSA) is 55.1 Å². The molecule has 2 aromatic carbocycles. The van der Waals surface area contributed by atoms with Crippen LogP contribution in [0.15, 0.2) is 40.9 Å². The summed E-state index contributed by atoms with van der Waals surface area (Å²) in [5, 5.41) is 2.78. The molecule has 0 aliphatic heterocycles. The van der Waals surface area contributed by atoms with Gasteiger partial charge in [0, 0.05) is 21.4 Å². The lowest BCUT2D eigenvalue weighted by Crippen LogP contribution is -2.14. The van der Waals surface area contributed by atoms with Gasteiger partial charge in [0.25, 0.3) is 5.91 Å². The number of carbonyl (C=O) groups excluding carboxylic acids is 1.